The predicted octanol–water partition coefficient (Wildman–Crippen LogP) is 4.78. The minimum atomic E-state index is 0.517. The molecule has 0 unspecified atom stereocenters. The third-order valence-electron chi connectivity index (χ3n) is 3.11. The first-order valence-electron chi connectivity index (χ1n) is 6.46. The summed E-state index contributed by atoms with van der Waals surface area (Å²) in [5.74, 6) is 2.39. The third-order valence-corrected chi connectivity index (χ3v) is 4.53. The van der Waals surface area contributed by atoms with Gasteiger partial charge in [0.25, 0.3) is 0 Å². The summed E-state index contributed by atoms with van der Waals surface area (Å²) in [6, 6.07) is 9.86. The second-order valence-electron chi connectivity index (χ2n) is 4.64. The molecule has 0 spiro atoms. The Bertz CT molecular complexity index is 868. The highest BCUT2D eigenvalue weighted by molar-refractivity contribution is 9.11. The van der Waals surface area contributed by atoms with Gasteiger partial charge in [-0.15, -0.1) is 0 Å². The molecule has 3 aromatic rings. The Labute approximate surface area is 149 Å². The lowest BCUT2D eigenvalue weighted by Gasteiger charge is -2.06. The monoisotopic (exact) mass is 442 g/mol. The van der Waals surface area contributed by atoms with Crippen LogP contribution in [0.25, 0.3) is 11.3 Å². The van der Waals surface area contributed by atoms with Gasteiger partial charge >= 0.3 is 0 Å². The maximum atomic E-state index is 5.88. The topological polar surface area (TPSA) is 58.8 Å². The number of nitrogens with one attached hydrogen (secondary N) is 2. The summed E-state index contributed by atoms with van der Waals surface area (Å²) >= 11 is 12.1. The molecule has 0 fully saturated rings. The van der Waals surface area contributed by atoms with Gasteiger partial charge in [-0.1, -0.05) is 15.9 Å². The lowest BCUT2D eigenvalue weighted by atomic mass is 10.2. The number of furan rings is 1. The van der Waals surface area contributed by atoms with Crippen LogP contribution in [0.2, 0.25) is 0 Å². The number of hydrogen-bond donors (Lipinski definition) is 2. The standard InChI is InChI=1S/C14H12Br2N4OS/c1-8-18-19-14(22)20(8)17-7-10-3-5-13(21-10)11-4-2-9(15)6-12(11)16/h2-6,17H,7H2,1H3,(H,19,22). The van der Waals surface area contributed by atoms with Crippen LogP contribution in [-0.4, -0.2) is 14.9 Å². The number of nitrogens with zero attached hydrogens (tertiary/aromatic N) is 2. The molecular weight excluding hydrogens is 432 g/mol. The summed E-state index contributed by atoms with van der Waals surface area (Å²) in [5.41, 5.74) is 4.18. The van der Waals surface area contributed by atoms with Crippen LogP contribution in [-0.2, 0) is 6.54 Å². The van der Waals surface area contributed by atoms with Gasteiger partial charge in [0.2, 0.25) is 4.77 Å². The van der Waals surface area contributed by atoms with Crippen LogP contribution in [0.4, 0.5) is 0 Å². The van der Waals surface area contributed by atoms with Crippen molar-refractivity contribution in [2.24, 2.45) is 0 Å². The lowest BCUT2D eigenvalue weighted by molar-refractivity contribution is 0.521. The molecule has 2 heterocycles. The number of rotatable bonds is 4. The average molecular weight is 444 g/mol. The van der Waals surface area contributed by atoms with E-state index in [1.54, 1.807) is 4.68 Å². The Hall–Kier alpha value is -1.38. The highest BCUT2D eigenvalue weighted by Gasteiger charge is 2.09. The van der Waals surface area contributed by atoms with Gasteiger partial charge in [-0.25, -0.2) is 4.68 Å². The van der Waals surface area contributed by atoms with E-state index in [4.69, 9.17) is 16.6 Å². The molecule has 0 bridgehead atoms. The van der Waals surface area contributed by atoms with Gasteiger partial charge < -0.3 is 9.84 Å². The highest BCUT2D eigenvalue weighted by atomic mass is 79.9. The molecular formula is C14H12Br2N4OS. The van der Waals surface area contributed by atoms with Gasteiger partial charge in [-0.05, 0) is 65.4 Å². The molecule has 1 aromatic carbocycles. The molecule has 0 aliphatic rings. The number of halogens is 2. The number of aromatic nitrogens is 3. The van der Waals surface area contributed by atoms with E-state index < -0.39 is 0 Å². The van der Waals surface area contributed by atoms with Crippen LogP contribution in [0.3, 0.4) is 0 Å². The molecule has 0 aliphatic carbocycles. The molecule has 2 aromatic heterocycles. The first kappa shape index (κ1) is 15.5. The first-order chi connectivity index (χ1) is 10.5. The molecule has 22 heavy (non-hydrogen) atoms. The Kier molecular flexibility index (Phi) is 4.51. The molecule has 0 atom stereocenters. The minimum absolute atomic E-state index is 0.517. The maximum Gasteiger partial charge on any atom is 0.214 e. The SMILES string of the molecule is Cc1n[nH]c(=S)n1NCc1ccc(-c2ccc(Br)cc2Br)o1. The summed E-state index contributed by atoms with van der Waals surface area (Å²) in [6.07, 6.45) is 0. The van der Waals surface area contributed by atoms with Crippen LogP contribution in [0.1, 0.15) is 11.6 Å². The quantitative estimate of drug-likeness (QED) is 0.569. The van der Waals surface area contributed by atoms with Crippen molar-refractivity contribution in [3.63, 3.8) is 0 Å². The average Bonchev–Trinajstić information content (AvgIpc) is 3.05. The van der Waals surface area contributed by atoms with Gasteiger partial charge in [0, 0.05) is 14.5 Å². The Morgan fingerprint density at radius 1 is 1.32 bits per heavy atom. The van der Waals surface area contributed by atoms with Crippen molar-refractivity contribution in [1.82, 2.24) is 14.9 Å². The van der Waals surface area contributed by atoms with Crippen LogP contribution < -0.4 is 5.43 Å². The number of aryl methyl sites for hydroxylation is 1. The van der Waals surface area contributed by atoms with E-state index in [2.05, 4.69) is 47.5 Å². The maximum absolute atomic E-state index is 5.88. The molecule has 2 N–H and O–H groups in total. The van der Waals surface area contributed by atoms with Crippen molar-refractivity contribution >= 4 is 44.1 Å². The molecule has 5 nitrogen and oxygen atoms in total. The smallest absolute Gasteiger partial charge is 0.214 e. The molecule has 3 rings (SSSR count). The molecule has 8 heteroatoms. The predicted molar refractivity (Wildman–Crippen MR) is 94.8 cm³/mol. The minimum Gasteiger partial charge on any atom is -0.459 e. The van der Waals surface area contributed by atoms with E-state index in [1.165, 1.54) is 0 Å². The van der Waals surface area contributed by atoms with Crippen molar-refractivity contribution in [3.8, 4) is 11.3 Å². The zero-order valence-corrected chi connectivity index (χ0v) is 15.5. The van der Waals surface area contributed by atoms with E-state index in [-0.39, 0.29) is 0 Å². The summed E-state index contributed by atoms with van der Waals surface area (Å²) in [4.78, 5) is 0. The molecule has 114 valence electrons. The van der Waals surface area contributed by atoms with E-state index in [0.29, 0.717) is 11.3 Å². The second-order valence-corrected chi connectivity index (χ2v) is 6.79. The molecule has 0 saturated carbocycles. The van der Waals surface area contributed by atoms with Gasteiger partial charge in [0.05, 0.1) is 6.54 Å². The molecule has 0 amide bonds. The summed E-state index contributed by atoms with van der Waals surface area (Å²) in [6.45, 7) is 2.38. The number of benzene rings is 1. The fourth-order valence-electron chi connectivity index (χ4n) is 2.03. The summed E-state index contributed by atoms with van der Waals surface area (Å²) in [5, 5.41) is 6.77. The van der Waals surface area contributed by atoms with E-state index in [0.717, 1.165) is 31.9 Å². The Balaban J connectivity index is 1.78. The highest BCUT2D eigenvalue weighted by Crippen LogP contribution is 2.31. The summed E-state index contributed by atoms with van der Waals surface area (Å²) < 4.78 is 10.1. The van der Waals surface area contributed by atoms with Crippen LogP contribution >= 0.6 is 44.1 Å². The molecule has 0 aliphatic heterocycles. The third kappa shape index (κ3) is 3.18. The summed E-state index contributed by atoms with van der Waals surface area (Å²) in [7, 11) is 0. The van der Waals surface area contributed by atoms with E-state index in [9.17, 15) is 0 Å². The largest absolute Gasteiger partial charge is 0.459 e. The Morgan fingerprint density at radius 2 is 2.14 bits per heavy atom. The van der Waals surface area contributed by atoms with Gasteiger partial charge in [0.1, 0.15) is 17.3 Å². The van der Waals surface area contributed by atoms with Crippen molar-refractivity contribution in [1.29, 1.82) is 0 Å². The first-order valence-corrected chi connectivity index (χ1v) is 8.46. The number of hydrogen-bond acceptors (Lipinski definition) is 4. The van der Waals surface area contributed by atoms with Crippen molar-refractivity contribution in [2.75, 3.05) is 5.43 Å². The van der Waals surface area contributed by atoms with Crippen molar-refractivity contribution in [3.05, 3.63) is 55.6 Å². The number of aromatic amines is 1. The van der Waals surface area contributed by atoms with Crippen LogP contribution in [0, 0.1) is 11.7 Å². The fourth-order valence-corrected chi connectivity index (χ4v) is 3.51. The van der Waals surface area contributed by atoms with E-state index >= 15 is 0 Å². The van der Waals surface area contributed by atoms with Crippen LogP contribution in [0.5, 0.6) is 0 Å². The van der Waals surface area contributed by atoms with Gasteiger partial charge in [0.15, 0.2) is 0 Å². The molecule has 0 radical (unpaired) electrons. The normalized spacial score (nSPS) is 10.9. The van der Waals surface area contributed by atoms with E-state index in [1.807, 2.05) is 37.3 Å². The Morgan fingerprint density at radius 3 is 2.82 bits per heavy atom. The molecule has 0 saturated heterocycles. The fraction of sp³-hybridized carbons (Fsp3) is 0.143. The van der Waals surface area contributed by atoms with Crippen molar-refractivity contribution < 1.29 is 4.42 Å². The number of H-pyrrole nitrogens is 1. The van der Waals surface area contributed by atoms with Crippen LogP contribution in [0.15, 0.2) is 43.7 Å². The van der Waals surface area contributed by atoms with Crippen molar-refractivity contribution in [2.45, 2.75) is 13.5 Å². The second kappa shape index (κ2) is 6.39. The lowest BCUT2D eigenvalue weighted by Crippen LogP contribution is -2.15. The van der Waals surface area contributed by atoms with Gasteiger partial charge in [-0.3, -0.25) is 5.10 Å². The van der Waals surface area contributed by atoms with Gasteiger partial charge in [-0.2, -0.15) is 5.10 Å². The zero-order chi connectivity index (χ0) is 15.7. The zero-order valence-electron chi connectivity index (χ0n) is 11.6.